The van der Waals surface area contributed by atoms with Crippen LogP contribution >= 0.6 is 0 Å². The molecule has 1 aliphatic heterocycles. The molecule has 1 heterocycles. The number of nitrogens with zero attached hydrogens (tertiary/aromatic N) is 1. The number of halogens is 1. The molecule has 2 N–H and O–H groups in total. The van der Waals surface area contributed by atoms with E-state index in [9.17, 15) is 4.39 Å². The monoisotopic (exact) mass is 289 g/mol. The second-order valence-electron chi connectivity index (χ2n) is 6.26. The summed E-state index contributed by atoms with van der Waals surface area (Å²) in [7, 11) is 0. The Balaban J connectivity index is 1.74. The number of aliphatic imine (C=N–C) groups is 1. The van der Waals surface area contributed by atoms with Crippen LogP contribution in [-0.4, -0.2) is 24.5 Å². The maximum Gasteiger partial charge on any atom is 0.123 e. The van der Waals surface area contributed by atoms with Crippen molar-refractivity contribution in [2.45, 2.75) is 44.7 Å². The van der Waals surface area contributed by atoms with Gasteiger partial charge in [-0.15, -0.1) is 0 Å². The Labute approximate surface area is 126 Å². The van der Waals surface area contributed by atoms with Crippen LogP contribution in [0.1, 0.15) is 38.2 Å². The van der Waals surface area contributed by atoms with E-state index in [-0.39, 0.29) is 11.4 Å². The van der Waals surface area contributed by atoms with E-state index in [1.165, 1.54) is 25.3 Å². The predicted molar refractivity (Wildman–Crippen MR) is 83.9 cm³/mol. The SMILES string of the molecule is C[C@@H]1CCCC[C@@]12NCCN=C2NCc1cccc(F)c1. The summed E-state index contributed by atoms with van der Waals surface area (Å²) in [5, 5.41) is 7.19. The lowest BCUT2D eigenvalue weighted by Gasteiger charge is -2.46. The highest BCUT2D eigenvalue weighted by Gasteiger charge is 2.43. The Hall–Kier alpha value is -1.42. The Kier molecular flexibility index (Phi) is 4.24. The van der Waals surface area contributed by atoms with Gasteiger partial charge in [-0.05, 0) is 36.5 Å². The standard InChI is InChI=1S/C17H24FN3/c1-13-5-2-3-8-17(13)16(19-9-10-21-17)20-12-14-6-4-7-15(18)11-14/h4,6-7,11,13,21H,2-3,5,8-10,12H2,1H3,(H,19,20)/t13-,17-/m1/s1. The van der Waals surface area contributed by atoms with Gasteiger partial charge in [0.2, 0.25) is 0 Å². The molecule has 0 saturated heterocycles. The number of hydrogen-bond donors (Lipinski definition) is 2. The first-order chi connectivity index (χ1) is 10.2. The van der Waals surface area contributed by atoms with Crippen molar-refractivity contribution in [2.24, 2.45) is 10.9 Å². The van der Waals surface area contributed by atoms with E-state index in [1.807, 2.05) is 6.07 Å². The summed E-state index contributed by atoms with van der Waals surface area (Å²) in [4.78, 5) is 4.74. The molecule has 1 spiro atoms. The zero-order valence-corrected chi connectivity index (χ0v) is 12.7. The molecule has 2 atom stereocenters. The van der Waals surface area contributed by atoms with Gasteiger partial charge in [0.15, 0.2) is 0 Å². The quantitative estimate of drug-likeness (QED) is 0.878. The van der Waals surface area contributed by atoms with Crippen LogP contribution in [-0.2, 0) is 6.54 Å². The highest BCUT2D eigenvalue weighted by Crippen LogP contribution is 2.35. The number of nitrogens with one attached hydrogen (secondary N) is 2. The Morgan fingerprint density at radius 3 is 3.14 bits per heavy atom. The van der Waals surface area contributed by atoms with Gasteiger partial charge in [0.25, 0.3) is 0 Å². The molecule has 4 heteroatoms. The lowest BCUT2D eigenvalue weighted by molar-refractivity contribution is 0.215. The van der Waals surface area contributed by atoms with Gasteiger partial charge < -0.3 is 10.6 Å². The van der Waals surface area contributed by atoms with Crippen LogP contribution in [0.4, 0.5) is 4.39 Å². The van der Waals surface area contributed by atoms with Crippen molar-refractivity contribution < 1.29 is 4.39 Å². The minimum absolute atomic E-state index is 0.00379. The fourth-order valence-electron chi connectivity index (χ4n) is 3.68. The summed E-state index contributed by atoms with van der Waals surface area (Å²) in [5.41, 5.74) is 0.964. The van der Waals surface area contributed by atoms with Crippen LogP contribution in [0.2, 0.25) is 0 Å². The van der Waals surface area contributed by atoms with E-state index in [0.717, 1.165) is 30.9 Å². The summed E-state index contributed by atoms with van der Waals surface area (Å²) in [6.45, 7) is 4.72. The lowest BCUT2D eigenvalue weighted by Crippen LogP contribution is -2.64. The molecule has 21 heavy (non-hydrogen) atoms. The molecule has 0 aromatic heterocycles. The van der Waals surface area contributed by atoms with Gasteiger partial charge in [-0.2, -0.15) is 0 Å². The van der Waals surface area contributed by atoms with Gasteiger partial charge in [-0.3, -0.25) is 4.99 Å². The molecular formula is C17H24FN3. The summed E-state index contributed by atoms with van der Waals surface area (Å²) in [6, 6.07) is 6.77. The largest absolute Gasteiger partial charge is 0.368 e. The van der Waals surface area contributed by atoms with Crippen molar-refractivity contribution in [2.75, 3.05) is 13.1 Å². The second-order valence-corrected chi connectivity index (χ2v) is 6.26. The number of hydrogen-bond acceptors (Lipinski definition) is 3. The molecule has 1 saturated carbocycles. The topological polar surface area (TPSA) is 36.4 Å². The minimum atomic E-state index is -0.182. The minimum Gasteiger partial charge on any atom is -0.368 e. The van der Waals surface area contributed by atoms with Crippen LogP contribution in [0, 0.1) is 11.7 Å². The predicted octanol–water partition coefficient (Wildman–Crippen LogP) is 2.87. The van der Waals surface area contributed by atoms with E-state index >= 15 is 0 Å². The molecular weight excluding hydrogens is 265 g/mol. The van der Waals surface area contributed by atoms with Crippen LogP contribution in [0.3, 0.4) is 0 Å². The molecule has 2 aliphatic rings. The molecule has 0 radical (unpaired) electrons. The van der Waals surface area contributed by atoms with E-state index < -0.39 is 0 Å². The molecule has 3 nitrogen and oxygen atoms in total. The van der Waals surface area contributed by atoms with Crippen molar-refractivity contribution in [3.8, 4) is 0 Å². The molecule has 1 aliphatic carbocycles. The zero-order chi connectivity index (χ0) is 14.7. The van der Waals surface area contributed by atoms with Crippen LogP contribution in [0.5, 0.6) is 0 Å². The lowest BCUT2D eigenvalue weighted by atomic mass is 9.72. The number of amidine groups is 1. The third kappa shape index (κ3) is 2.95. The molecule has 0 unspecified atom stereocenters. The average Bonchev–Trinajstić information content (AvgIpc) is 2.50. The summed E-state index contributed by atoms with van der Waals surface area (Å²) in [6.07, 6.45) is 4.94. The summed E-state index contributed by atoms with van der Waals surface area (Å²) in [5.74, 6) is 1.48. The third-order valence-corrected chi connectivity index (χ3v) is 4.89. The highest BCUT2D eigenvalue weighted by atomic mass is 19.1. The molecule has 114 valence electrons. The fourth-order valence-corrected chi connectivity index (χ4v) is 3.68. The Morgan fingerprint density at radius 1 is 1.43 bits per heavy atom. The molecule has 1 fully saturated rings. The van der Waals surface area contributed by atoms with Gasteiger partial charge >= 0.3 is 0 Å². The first-order valence-corrected chi connectivity index (χ1v) is 7.99. The second kappa shape index (κ2) is 6.14. The Bertz CT molecular complexity index is 529. The molecule has 3 rings (SSSR count). The smallest absolute Gasteiger partial charge is 0.123 e. The van der Waals surface area contributed by atoms with Gasteiger partial charge in [0, 0.05) is 13.1 Å². The maximum absolute atomic E-state index is 13.3. The van der Waals surface area contributed by atoms with Crippen LogP contribution in [0.15, 0.2) is 29.3 Å². The van der Waals surface area contributed by atoms with Gasteiger partial charge in [0.1, 0.15) is 11.7 Å². The molecule has 0 bridgehead atoms. The molecule has 1 aromatic rings. The zero-order valence-electron chi connectivity index (χ0n) is 12.7. The molecule has 1 aromatic carbocycles. The first kappa shape index (κ1) is 14.5. The van der Waals surface area contributed by atoms with Gasteiger partial charge in [-0.1, -0.05) is 31.9 Å². The third-order valence-electron chi connectivity index (χ3n) is 4.89. The van der Waals surface area contributed by atoms with Crippen LogP contribution < -0.4 is 10.6 Å². The van der Waals surface area contributed by atoms with Gasteiger partial charge in [-0.25, -0.2) is 4.39 Å². The van der Waals surface area contributed by atoms with E-state index in [2.05, 4.69) is 17.6 Å². The van der Waals surface area contributed by atoms with Crippen molar-refractivity contribution in [1.82, 2.24) is 10.6 Å². The first-order valence-electron chi connectivity index (χ1n) is 7.99. The highest BCUT2D eigenvalue weighted by molar-refractivity contribution is 5.92. The van der Waals surface area contributed by atoms with Crippen molar-refractivity contribution in [3.63, 3.8) is 0 Å². The van der Waals surface area contributed by atoms with Gasteiger partial charge in [0.05, 0.1) is 12.1 Å². The maximum atomic E-state index is 13.3. The number of rotatable bonds is 2. The number of benzene rings is 1. The van der Waals surface area contributed by atoms with Crippen molar-refractivity contribution in [3.05, 3.63) is 35.6 Å². The fraction of sp³-hybridized carbons (Fsp3) is 0.588. The summed E-state index contributed by atoms with van der Waals surface area (Å²) < 4.78 is 13.3. The van der Waals surface area contributed by atoms with Crippen molar-refractivity contribution in [1.29, 1.82) is 0 Å². The van der Waals surface area contributed by atoms with E-state index in [1.54, 1.807) is 12.1 Å². The summed E-state index contributed by atoms with van der Waals surface area (Å²) >= 11 is 0. The van der Waals surface area contributed by atoms with Crippen molar-refractivity contribution >= 4 is 5.84 Å². The van der Waals surface area contributed by atoms with E-state index in [0.29, 0.717) is 12.5 Å². The van der Waals surface area contributed by atoms with Crippen LogP contribution in [0.25, 0.3) is 0 Å². The van der Waals surface area contributed by atoms with E-state index in [4.69, 9.17) is 4.99 Å². The molecule has 0 amide bonds. The normalized spacial score (nSPS) is 29.2. The average molecular weight is 289 g/mol. The Morgan fingerprint density at radius 2 is 2.33 bits per heavy atom.